The SMILES string of the molecule is COc1c(-c2ccc(OC(F)(F)F)cc2)cncc1-c1ccc(OC(F)(F)F)cc1. The van der Waals surface area contributed by atoms with Gasteiger partial charge in [-0.2, -0.15) is 0 Å². The van der Waals surface area contributed by atoms with Crippen LogP contribution in [0.3, 0.4) is 0 Å². The van der Waals surface area contributed by atoms with E-state index in [0.29, 0.717) is 28.0 Å². The van der Waals surface area contributed by atoms with Crippen molar-refractivity contribution in [3.05, 3.63) is 60.9 Å². The van der Waals surface area contributed by atoms with Crippen LogP contribution in [0.4, 0.5) is 26.3 Å². The highest BCUT2D eigenvalue weighted by Crippen LogP contribution is 2.39. The predicted octanol–water partition coefficient (Wildman–Crippen LogP) is 6.22. The molecule has 158 valence electrons. The van der Waals surface area contributed by atoms with Crippen LogP contribution in [0.1, 0.15) is 0 Å². The number of aromatic nitrogens is 1. The molecule has 3 aromatic rings. The smallest absolute Gasteiger partial charge is 0.495 e. The van der Waals surface area contributed by atoms with E-state index in [0.717, 1.165) is 24.3 Å². The molecule has 1 heterocycles. The zero-order valence-electron chi connectivity index (χ0n) is 15.2. The third kappa shape index (κ3) is 5.34. The molecule has 0 spiro atoms. The fraction of sp³-hybridized carbons (Fsp3) is 0.150. The van der Waals surface area contributed by atoms with Gasteiger partial charge in [-0.1, -0.05) is 24.3 Å². The van der Waals surface area contributed by atoms with Crippen molar-refractivity contribution in [1.82, 2.24) is 4.98 Å². The van der Waals surface area contributed by atoms with Crippen LogP contribution in [0.15, 0.2) is 60.9 Å². The number of rotatable bonds is 5. The summed E-state index contributed by atoms with van der Waals surface area (Å²) in [6.45, 7) is 0. The van der Waals surface area contributed by atoms with Crippen LogP contribution in [-0.4, -0.2) is 24.8 Å². The molecule has 0 saturated carbocycles. The van der Waals surface area contributed by atoms with Crippen LogP contribution >= 0.6 is 0 Å². The largest absolute Gasteiger partial charge is 0.573 e. The molecule has 0 atom stereocenters. The van der Waals surface area contributed by atoms with Gasteiger partial charge in [-0.05, 0) is 35.4 Å². The Hall–Kier alpha value is -3.43. The van der Waals surface area contributed by atoms with Gasteiger partial charge in [-0.3, -0.25) is 4.98 Å². The monoisotopic (exact) mass is 429 g/mol. The molecule has 0 amide bonds. The Kier molecular flexibility index (Phi) is 5.77. The van der Waals surface area contributed by atoms with Crippen LogP contribution in [-0.2, 0) is 0 Å². The number of hydrogen-bond donors (Lipinski definition) is 0. The molecule has 2 aromatic carbocycles. The number of alkyl halides is 6. The molecular formula is C20H13F6NO3. The normalized spacial score (nSPS) is 11.8. The molecule has 0 aliphatic heterocycles. The van der Waals surface area contributed by atoms with Gasteiger partial charge in [0.15, 0.2) is 0 Å². The molecular weight excluding hydrogens is 416 g/mol. The maximum atomic E-state index is 12.3. The highest BCUT2D eigenvalue weighted by atomic mass is 19.4. The van der Waals surface area contributed by atoms with Crippen molar-refractivity contribution < 1.29 is 40.6 Å². The molecule has 0 aliphatic carbocycles. The Morgan fingerprint density at radius 1 is 0.633 bits per heavy atom. The van der Waals surface area contributed by atoms with E-state index in [1.807, 2.05) is 0 Å². The number of hydrogen-bond acceptors (Lipinski definition) is 4. The minimum atomic E-state index is -4.80. The predicted molar refractivity (Wildman–Crippen MR) is 95.0 cm³/mol. The van der Waals surface area contributed by atoms with Gasteiger partial charge in [0.05, 0.1) is 7.11 Å². The number of methoxy groups -OCH3 is 1. The summed E-state index contributed by atoms with van der Waals surface area (Å²) in [7, 11) is 1.39. The van der Waals surface area contributed by atoms with Gasteiger partial charge in [-0.15, -0.1) is 26.3 Å². The van der Waals surface area contributed by atoms with Crippen LogP contribution in [0.5, 0.6) is 17.2 Å². The van der Waals surface area contributed by atoms with Crippen molar-refractivity contribution in [1.29, 1.82) is 0 Å². The van der Waals surface area contributed by atoms with Crippen molar-refractivity contribution in [2.75, 3.05) is 7.11 Å². The molecule has 0 aliphatic rings. The first-order chi connectivity index (χ1) is 14.1. The van der Waals surface area contributed by atoms with Gasteiger partial charge in [0.1, 0.15) is 17.2 Å². The van der Waals surface area contributed by atoms with Gasteiger partial charge in [0.25, 0.3) is 0 Å². The van der Waals surface area contributed by atoms with Crippen molar-refractivity contribution in [3.8, 4) is 39.5 Å². The lowest BCUT2D eigenvalue weighted by Gasteiger charge is -2.15. The van der Waals surface area contributed by atoms with Gasteiger partial charge in [-0.25, -0.2) is 0 Å². The molecule has 0 fully saturated rings. The lowest BCUT2D eigenvalue weighted by Crippen LogP contribution is -2.16. The maximum absolute atomic E-state index is 12.3. The maximum Gasteiger partial charge on any atom is 0.573 e. The van der Waals surface area contributed by atoms with E-state index in [9.17, 15) is 26.3 Å². The van der Waals surface area contributed by atoms with Crippen LogP contribution in [0.25, 0.3) is 22.3 Å². The van der Waals surface area contributed by atoms with Crippen molar-refractivity contribution >= 4 is 0 Å². The summed E-state index contributed by atoms with van der Waals surface area (Å²) in [6, 6.07) is 10.2. The lowest BCUT2D eigenvalue weighted by molar-refractivity contribution is -0.275. The minimum Gasteiger partial charge on any atom is -0.495 e. The highest BCUT2D eigenvalue weighted by Gasteiger charge is 2.31. The quantitative estimate of drug-likeness (QED) is 0.452. The fourth-order valence-electron chi connectivity index (χ4n) is 2.75. The zero-order chi connectivity index (χ0) is 21.9. The van der Waals surface area contributed by atoms with Crippen LogP contribution in [0, 0.1) is 0 Å². The number of ether oxygens (including phenoxy) is 3. The van der Waals surface area contributed by atoms with E-state index < -0.39 is 12.7 Å². The van der Waals surface area contributed by atoms with Crippen molar-refractivity contribution in [2.24, 2.45) is 0 Å². The summed E-state index contributed by atoms with van der Waals surface area (Å²) >= 11 is 0. The Morgan fingerprint density at radius 3 is 1.30 bits per heavy atom. The summed E-state index contributed by atoms with van der Waals surface area (Å²) in [4.78, 5) is 4.11. The summed E-state index contributed by atoms with van der Waals surface area (Å²) in [5.74, 6) is -0.414. The Balaban J connectivity index is 1.93. The molecule has 3 rings (SSSR count). The van der Waals surface area contributed by atoms with Gasteiger partial charge in [0, 0.05) is 23.5 Å². The number of pyridine rings is 1. The zero-order valence-corrected chi connectivity index (χ0v) is 15.2. The van der Waals surface area contributed by atoms with Gasteiger partial charge < -0.3 is 14.2 Å². The summed E-state index contributed by atoms with van der Waals surface area (Å²) < 4.78 is 87.1. The summed E-state index contributed by atoms with van der Waals surface area (Å²) in [5.41, 5.74) is 1.97. The second-order valence-corrected chi connectivity index (χ2v) is 5.91. The highest BCUT2D eigenvalue weighted by molar-refractivity contribution is 5.81. The van der Waals surface area contributed by atoms with Gasteiger partial charge in [0.2, 0.25) is 0 Å². The van der Waals surface area contributed by atoms with E-state index in [4.69, 9.17) is 4.74 Å². The first kappa shape index (κ1) is 21.3. The second kappa shape index (κ2) is 8.13. The molecule has 0 saturated heterocycles. The van der Waals surface area contributed by atoms with Crippen molar-refractivity contribution in [2.45, 2.75) is 12.7 Å². The van der Waals surface area contributed by atoms with Crippen molar-refractivity contribution in [3.63, 3.8) is 0 Å². The molecule has 4 nitrogen and oxygen atoms in total. The summed E-state index contributed by atoms with van der Waals surface area (Å²) in [5, 5.41) is 0. The van der Waals surface area contributed by atoms with E-state index >= 15 is 0 Å². The molecule has 10 heteroatoms. The van der Waals surface area contributed by atoms with E-state index in [1.54, 1.807) is 0 Å². The Labute approximate surface area is 166 Å². The topological polar surface area (TPSA) is 40.6 Å². The number of halogens is 6. The molecule has 0 radical (unpaired) electrons. The van der Waals surface area contributed by atoms with E-state index in [-0.39, 0.29) is 11.5 Å². The minimum absolute atomic E-state index is 0.346. The van der Waals surface area contributed by atoms with E-state index in [2.05, 4.69) is 14.5 Å². The number of benzene rings is 2. The average Bonchev–Trinajstić information content (AvgIpc) is 2.66. The summed E-state index contributed by atoms with van der Waals surface area (Å²) in [6.07, 6.45) is -6.68. The average molecular weight is 429 g/mol. The lowest BCUT2D eigenvalue weighted by atomic mass is 10.00. The fourth-order valence-corrected chi connectivity index (χ4v) is 2.75. The number of nitrogens with zero attached hydrogens (tertiary/aromatic N) is 1. The molecule has 30 heavy (non-hydrogen) atoms. The molecule has 1 aromatic heterocycles. The van der Waals surface area contributed by atoms with Gasteiger partial charge >= 0.3 is 12.7 Å². The Morgan fingerprint density at radius 2 is 1.00 bits per heavy atom. The molecule has 0 bridgehead atoms. The first-order valence-corrected chi connectivity index (χ1v) is 8.30. The van der Waals surface area contributed by atoms with E-state index in [1.165, 1.54) is 43.8 Å². The second-order valence-electron chi connectivity index (χ2n) is 5.91. The van der Waals surface area contributed by atoms with Crippen LogP contribution in [0.2, 0.25) is 0 Å². The third-order valence-corrected chi connectivity index (χ3v) is 3.90. The standard InChI is InChI=1S/C20H13F6NO3/c1-28-18-16(12-2-6-14(7-3-12)29-19(21,22)23)10-27-11-17(18)13-4-8-15(9-5-13)30-20(24,25)26/h2-11H,1H3. The third-order valence-electron chi connectivity index (χ3n) is 3.90. The van der Waals surface area contributed by atoms with Crippen LogP contribution < -0.4 is 14.2 Å². The first-order valence-electron chi connectivity index (χ1n) is 8.30. The molecule has 0 N–H and O–H groups in total. The molecule has 0 unspecified atom stereocenters. The Bertz CT molecular complexity index is 921.